The van der Waals surface area contributed by atoms with E-state index < -0.39 is 0 Å². The SMILES string of the molecule is CCC(=O)c1ccc(O)c(Cl)c1Cl. The van der Waals surface area contributed by atoms with Crippen LogP contribution in [0.3, 0.4) is 0 Å². The molecule has 0 atom stereocenters. The van der Waals surface area contributed by atoms with E-state index in [4.69, 9.17) is 28.3 Å². The Balaban J connectivity index is 3.26. The van der Waals surface area contributed by atoms with Gasteiger partial charge in [0.2, 0.25) is 0 Å². The Morgan fingerprint density at radius 2 is 2.00 bits per heavy atom. The van der Waals surface area contributed by atoms with Crippen molar-refractivity contribution in [3.05, 3.63) is 27.7 Å². The van der Waals surface area contributed by atoms with Gasteiger partial charge in [-0.3, -0.25) is 4.79 Å². The standard InChI is InChI=1S/C9H8Cl2O2/c1-2-6(12)5-3-4-7(13)9(11)8(5)10/h3-4,13H,2H2,1H3. The zero-order chi connectivity index (χ0) is 10.0. The molecule has 0 radical (unpaired) electrons. The summed E-state index contributed by atoms with van der Waals surface area (Å²) in [6.07, 6.45) is 0.362. The highest BCUT2D eigenvalue weighted by atomic mass is 35.5. The fraction of sp³-hybridized carbons (Fsp3) is 0.222. The number of halogens is 2. The van der Waals surface area contributed by atoms with E-state index >= 15 is 0 Å². The molecule has 1 aromatic carbocycles. The predicted octanol–water partition coefficient (Wildman–Crippen LogP) is 3.29. The molecule has 0 aliphatic carbocycles. The van der Waals surface area contributed by atoms with Crippen LogP contribution in [0.15, 0.2) is 12.1 Å². The third kappa shape index (κ3) is 1.95. The van der Waals surface area contributed by atoms with Crippen LogP contribution >= 0.6 is 23.2 Å². The first-order valence-corrected chi connectivity index (χ1v) is 4.53. The summed E-state index contributed by atoms with van der Waals surface area (Å²) in [4.78, 5) is 11.3. The van der Waals surface area contributed by atoms with Gasteiger partial charge in [-0.15, -0.1) is 0 Å². The first-order valence-electron chi connectivity index (χ1n) is 3.78. The van der Waals surface area contributed by atoms with Gasteiger partial charge in [0.25, 0.3) is 0 Å². The smallest absolute Gasteiger partial charge is 0.164 e. The van der Waals surface area contributed by atoms with Gasteiger partial charge in [-0.25, -0.2) is 0 Å². The van der Waals surface area contributed by atoms with Crippen LogP contribution in [0.25, 0.3) is 0 Å². The summed E-state index contributed by atoms with van der Waals surface area (Å²) in [7, 11) is 0. The molecule has 0 saturated carbocycles. The van der Waals surface area contributed by atoms with Crippen LogP contribution in [0, 0.1) is 0 Å². The van der Waals surface area contributed by atoms with Crippen molar-refractivity contribution in [2.45, 2.75) is 13.3 Å². The van der Waals surface area contributed by atoms with Crippen molar-refractivity contribution in [1.82, 2.24) is 0 Å². The van der Waals surface area contributed by atoms with E-state index in [2.05, 4.69) is 0 Å². The minimum Gasteiger partial charge on any atom is -0.506 e. The number of ketones is 1. The van der Waals surface area contributed by atoms with Crippen molar-refractivity contribution >= 4 is 29.0 Å². The minimum atomic E-state index is -0.112. The van der Waals surface area contributed by atoms with Crippen molar-refractivity contribution in [1.29, 1.82) is 0 Å². The molecule has 70 valence electrons. The maximum atomic E-state index is 11.3. The molecule has 0 aliphatic rings. The summed E-state index contributed by atoms with van der Waals surface area (Å²) < 4.78 is 0. The second-order valence-corrected chi connectivity index (χ2v) is 3.29. The number of Topliss-reactive ketones (excluding diaryl/α,β-unsaturated/α-hetero) is 1. The van der Waals surface area contributed by atoms with Crippen LogP contribution in [-0.2, 0) is 0 Å². The molecule has 2 nitrogen and oxygen atoms in total. The van der Waals surface area contributed by atoms with Gasteiger partial charge in [0.05, 0.1) is 5.02 Å². The summed E-state index contributed by atoms with van der Waals surface area (Å²) in [5, 5.41) is 9.30. The van der Waals surface area contributed by atoms with Crippen molar-refractivity contribution in [3.63, 3.8) is 0 Å². The summed E-state index contributed by atoms with van der Waals surface area (Å²) >= 11 is 11.4. The predicted molar refractivity (Wildman–Crippen MR) is 52.7 cm³/mol. The molecule has 0 aliphatic heterocycles. The lowest BCUT2D eigenvalue weighted by Gasteiger charge is -2.04. The molecule has 1 aromatic rings. The Labute approximate surface area is 86.1 Å². The molecule has 0 fully saturated rings. The molecule has 0 saturated heterocycles. The number of hydrogen-bond donors (Lipinski definition) is 1. The molecule has 0 unspecified atom stereocenters. The van der Waals surface area contributed by atoms with Gasteiger partial charge in [0, 0.05) is 12.0 Å². The molecular formula is C9H8Cl2O2. The highest BCUT2D eigenvalue weighted by Crippen LogP contribution is 2.34. The number of carbonyl (C=O) groups is 1. The van der Waals surface area contributed by atoms with E-state index in [9.17, 15) is 4.79 Å². The quantitative estimate of drug-likeness (QED) is 0.774. The summed E-state index contributed by atoms with van der Waals surface area (Å²) in [5.74, 6) is -0.203. The van der Waals surface area contributed by atoms with Crippen LogP contribution in [0.5, 0.6) is 5.75 Å². The largest absolute Gasteiger partial charge is 0.506 e. The summed E-state index contributed by atoms with van der Waals surface area (Å²) in [6, 6.07) is 2.83. The van der Waals surface area contributed by atoms with E-state index in [0.717, 1.165) is 0 Å². The van der Waals surface area contributed by atoms with Gasteiger partial charge >= 0.3 is 0 Å². The van der Waals surface area contributed by atoms with Crippen molar-refractivity contribution in [2.24, 2.45) is 0 Å². The fourth-order valence-electron chi connectivity index (χ4n) is 0.945. The lowest BCUT2D eigenvalue weighted by molar-refractivity contribution is 0.0988. The third-order valence-electron chi connectivity index (χ3n) is 1.68. The number of hydrogen-bond acceptors (Lipinski definition) is 2. The maximum Gasteiger partial charge on any atom is 0.164 e. The normalized spacial score (nSPS) is 10.1. The Morgan fingerprint density at radius 1 is 1.38 bits per heavy atom. The Morgan fingerprint density at radius 3 is 2.54 bits per heavy atom. The third-order valence-corrected chi connectivity index (χ3v) is 2.56. The van der Waals surface area contributed by atoms with E-state index in [0.29, 0.717) is 12.0 Å². The minimum absolute atomic E-state index is 0.0287. The summed E-state index contributed by atoms with van der Waals surface area (Å²) in [5.41, 5.74) is 0.354. The van der Waals surface area contributed by atoms with Crippen molar-refractivity contribution in [3.8, 4) is 5.75 Å². The average Bonchev–Trinajstić information content (AvgIpc) is 2.13. The van der Waals surface area contributed by atoms with Crippen molar-refractivity contribution < 1.29 is 9.90 Å². The van der Waals surface area contributed by atoms with Gasteiger partial charge in [-0.05, 0) is 12.1 Å². The first kappa shape index (κ1) is 10.4. The zero-order valence-corrected chi connectivity index (χ0v) is 8.49. The zero-order valence-electron chi connectivity index (χ0n) is 6.97. The van der Waals surface area contributed by atoms with Crippen LogP contribution in [0.4, 0.5) is 0 Å². The number of benzene rings is 1. The van der Waals surface area contributed by atoms with E-state index in [-0.39, 0.29) is 21.6 Å². The van der Waals surface area contributed by atoms with Crippen LogP contribution in [0.2, 0.25) is 10.0 Å². The van der Waals surface area contributed by atoms with Gasteiger partial charge in [-0.2, -0.15) is 0 Å². The Kier molecular flexibility index (Phi) is 3.17. The molecule has 0 bridgehead atoms. The second-order valence-electron chi connectivity index (χ2n) is 2.54. The molecule has 0 aromatic heterocycles. The van der Waals surface area contributed by atoms with Gasteiger partial charge < -0.3 is 5.11 Å². The van der Waals surface area contributed by atoms with Crippen LogP contribution in [-0.4, -0.2) is 10.9 Å². The van der Waals surface area contributed by atoms with Crippen LogP contribution in [0.1, 0.15) is 23.7 Å². The number of carbonyl (C=O) groups excluding carboxylic acids is 1. The maximum absolute atomic E-state index is 11.3. The number of phenols is 1. The second kappa shape index (κ2) is 3.99. The van der Waals surface area contributed by atoms with Gasteiger partial charge in [0.1, 0.15) is 10.8 Å². The Bertz CT molecular complexity index is 348. The van der Waals surface area contributed by atoms with Gasteiger partial charge in [0.15, 0.2) is 5.78 Å². The lowest BCUT2D eigenvalue weighted by Crippen LogP contribution is -1.97. The molecule has 4 heteroatoms. The van der Waals surface area contributed by atoms with E-state index in [1.807, 2.05) is 0 Å². The Hall–Kier alpha value is -0.730. The average molecular weight is 219 g/mol. The van der Waals surface area contributed by atoms with Crippen molar-refractivity contribution in [2.75, 3.05) is 0 Å². The highest BCUT2D eigenvalue weighted by Gasteiger charge is 2.13. The molecular weight excluding hydrogens is 211 g/mol. The first-order chi connectivity index (χ1) is 6.07. The molecule has 0 amide bonds. The molecule has 1 N–H and O–H groups in total. The van der Waals surface area contributed by atoms with Crippen LogP contribution < -0.4 is 0 Å². The van der Waals surface area contributed by atoms with E-state index in [1.165, 1.54) is 12.1 Å². The molecule has 13 heavy (non-hydrogen) atoms. The summed E-state index contributed by atoms with van der Waals surface area (Å²) in [6.45, 7) is 1.74. The molecule has 0 heterocycles. The lowest BCUT2D eigenvalue weighted by atomic mass is 10.1. The fourth-order valence-corrected chi connectivity index (χ4v) is 1.38. The number of aromatic hydroxyl groups is 1. The molecule has 0 spiro atoms. The highest BCUT2D eigenvalue weighted by molar-refractivity contribution is 6.44. The number of rotatable bonds is 2. The topological polar surface area (TPSA) is 37.3 Å². The van der Waals surface area contributed by atoms with E-state index in [1.54, 1.807) is 6.92 Å². The monoisotopic (exact) mass is 218 g/mol. The number of phenolic OH excluding ortho intramolecular Hbond substituents is 1. The van der Waals surface area contributed by atoms with Gasteiger partial charge in [-0.1, -0.05) is 30.1 Å². The molecule has 1 rings (SSSR count).